The number of nitrogens with zero attached hydrogens (tertiary/aromatic N) is 1. The fraction of sp³-hybridized carbons (Fsp3) is 0.818. The molecule has 0 aromatic heterocycles. The van der Waals surface area contributed by atoms with Crippen LogP contribution in [0.5, 0.6) is 0 Å². The highest BCUT2D eigenvalue weighted by atomic mass is 28.4. The van der Waals surface area contributed by atoms with E-state index in [-0.39, 0.29) is 30.4 Å². The molecule has 2 heterocycles. The van der Waals surface area contributed by atoms with Crippen molar-refractivity contribution in [3.63, 3.8) is 0 Å². The van der Waals surface area contributed by atoms with Gasteiger partial charge in [-0.2, -0.15) is 0 Å². The van der Waals surface area contributed by atoms with Crippen LogP contribution in [-0.2, 0) is 24.6 Å². The Balaban J connectivity index is 2.02. The highest BCUT2D eigenvalue weighted by molar-refractivity contribution is 6.74. The van der Waals surface area contributed by atoms with Gasteiger partial charge in [0, 0.05) is 6.54 Å². The summed E-state index contributed by atoms with van der Waals surface area (Å²) in [6.07, 6.45) is 1.44. The largest absolute Gasteiger partial charge is 0.412 e. The molecule has 0 amide bonds. The van der Waals surface area contributed by atoms with Crippen LogP contribution in [0.15, 0.2) is 30.3 Å². The zero-order valence-electron chi connectivity index (χ0n) is 28.0. The van der Waals surface area contributed by atoms with E-state index < -0.39 is 25.0 Å². The molecule has 2 saturated heterocycles. The van der Waals surface area contributed by atoms with Crippen LogP contribution < -0.4 is 0 Å². The molecule has 0 aliphatic carbocycles. The van der Waals surface area contributed by atoms with Gasteiger partial charge in [-0.3, -0.25) is 4.90 Å². The van der Waals surface area contributed by atoms with Gasteiger partial charge in [-0.05, 0) is 66.4 Å². The van der Waals surface area contributed by atoms with Gasteiger partial charge in [0.15, 0.2) is 25.0 Å². The molecule has 0 unspecified atom stereocenters. The summed E-state index contributed by atoms with van der Waals surface area (Å²) >= 11 is 0. The molecule has 0 spiro atoms. The quantitative estimate of drug-likeness (QED) is 0.144. The van der Waals surface area contributed by atoms with Crippen LogP contribution in [0, 0.1) is 0 Å². The molecule has 8 heteroatoms. The fourth-order valence-corrected chi connectivity index (χ4v) is 16.2. The van der Waals surface area contributed by atoms with Crippen molar-refractivity contribution in [2.45, 2.75) is 160 Å². The van der Waals surface area contributed by atoms with Gasteiger partial charge < -0.3 is 18.0 Å². The fourth-order valence-electron chi connectivity index (χ4n) is 7.57. The number of hydrogen-bond acceptors (Lipinski definition) is 5. The lowest BCUT2D eigenvalue weighted by Crippen LogP contribution is -2.55. The van der Waals surface area contributed by atoms with Crippen LogP contribution in [0.25, 0.3) is 0 Å². The van der Waals surface area contributed by atoms with Crippen molar-refractivity contribution in [3.8, 4) is 0 Å². The Kier molecular flexibility index (Phi) is 13.8. The molecule has 5 atom stereocenters. The van der Waals surface area contributed by atoms with Gasteiger partial charge in [0.05, 0.1) is 43.6 Å². The zero-order valence-corrected chi connectivity index (χ0v) is 31.0. The molecule has 41 heavy (non-hydrogen) atoms. The summed E-state index contributed by atoms with van der Waals surface area (Å²) in [4.78, 5) is 2.73. The number of fused-ring (bicyclic) bond motifs is 1. The summed E-state index contributed by atoms with van der Waals surface area (Å²) in [7, 11) is -5.56. The molecular weight excluding hydrogens is 559 g/mol. The molecule has 236 valence electrons. The molecule has 2 fully saturated rings. The second-order valence-electron chi connectivity index (χ2n) is 12.6. The minimum atomic E-state index is -1.89. The summed E-state index contributed by atoms with van der Waals surface area (Å²) in [6, 6.07) is 21.6. The first-order valence-electron chi connectivity index (χ1n) is 17.2. The molecule has 2 aliphatic heterocycles. The van der Waals surface area contributed by atoms with Gasteiger partial charge in [0.1, 0.15) is 0 Å². The van der Waals surface area contributed by atoms with Gasteiger partial charge in [-0.15, -0.1) is 0 Å². The van der Waals surface area contributed by atoms with Crippen LogP contribution >= 0.6 is 0 Å². The lowest BCUT2D eigenvalue weighted by molar-refractivity contribution is 0.00411. The smallest absolute Gasteiger partial charge is 0.192 e. The third kappa shape index (κ3) is 7.85. The van der Waals surface area contributed by atoms with Crippen LogP contribution in [0.2, 0.25) is 54.4 Å². The number of benzene rings is 1. The van der Waals surface area contributed by atoms with E-state index in [1.54, 1.807) is 0 Å². The van der Waals surface area contributed by atoms with Crippen LogP contribution in [0.4, 0.5) is 0 Å². The second-order valence-corrected chi connectivity index (χ2v) is 26.8. The van der Waals surface area contributed by atoms with E-state index in [2.05, 4.69) is 97.5 Å². The summed E-state index contributed by atoms with van der Waals surface area (Å²) in [5.74, 6) is 0. The Labute approximate surface area is 256 Å². The SMILES string of the molecule is CC[Si](CC)(CC)O[C@H]1[C@H](O[Si](CC)(CC)CC)[C@@H](COCc2ccccc2)N2CC[C@@H](O[Si](CC)(CC)CC)[C@@H]12. The minimum absolute atomic E-state index is 0.0474. The molecule has 3 rings (SSSR count). The van der Waals surface area contributed by atoms with E-state index in [9.17, 15) is 0 Å². The molecule has 0 saturated carbocycles. The molecule has 2 aliphatic rings. The Hall–Kier alpha value is -0.329. The van der Waals surface area contributed by atoms with Crippen molar-refractivity contribution in [1.29, 1.82) is 0 Å². The standard InChI is InChI=1S/C33H63NO4Si3/c1-10-39(11-2,12-3)36-30-24-25-34-29(27-35-26-28-22-20-19-21-23-28)32(37-40(13-4,14-5)15-6)33(31(30)34)38-41(16-7,17-8)18-9/h19-23,29-33H,10-18,24-27H2,1-9H3/t29-,30-,31+,32-,33-/m1/s1. The maximum Gasteiger partial charge on any atom is 0.192 e. The van der Waals surface area contributed by atoms with Crippen LogP contribution in [-0.4, -0.2) is 73.4 Å². The van der Waals surface area contributed by atoms with E-state index in [4.69, 9.17) is 18.0 Å². The van der Waals surface area contributed by atoms with Gasteiger partial charge in [-0.25, -0.2) is 0 Å². The number of ether oxygens (including phenoxy) is 1. The molecule has 1 aromatic carbocycles. The molecule has 1 aromatic rings. The third-order valence-corrected chi connectivity index (χ3v) is 25.2. The maximum atomic E-state index is 7.57. The van der Waals surface area contributed by atoms with Crippen molar-refractivity contribution in [2.24, 2.45) is 0 Å². The van der Waals surface area contributed by atoms with E-state index >= 15 is 0 Å². The van der Waals surface area contributed by atoms with Crippen molar-refractivity contribution in [2.75, 3.05) is 13.2 Å². The summed E-state index contributed by atoms with van der Waals surface area (Å²) in [5, 5.41) is 0. The highest BCUT2D eigenvalue weighted by Gasteiger charge is 2.59. The van der Waals surface area contributed by atoms with Crippen LogP contribution in [0.1, 0.15) is 74.3 Å². The predicted molar refractivity (Wildman–Crippen MR) is 181 cm³/mol. The lowest BCUT2D eigenvalue weighted by Gasteiger charge is -2.42. The number of rotatable bonds is 19. The molecule has 0 N–H and O–H groups in total. The van der Waals surface area contributed by atoms with Gasteiger partial charge >= 0.3 is 0 Å². The third-order valence-electron chi connectivity index (χ3n) is 11.3. The minimum Gasteiger partial charge on any atom is -0.412 e. The van der Waals surface area contributed by atoms with E-state index in [0.717, 1.165) is 49.2 Å². The topological polar surface area (TPSA) is 40.2 Å². The van der Waals surface area contributed by atoms with Gasteiger partial charge in [0.2, 0.25) is 0 Å². The first-order chi connectivity index (χ1) is 19.8. The van der Waals surface area contributed by atoms with Crippen molar-refractivity contribution >= 4 is 25.0 Å². The summed E-state index contributed by atoms with van der Waals surface area (Å²) in [6.45, 7) is 23.6. The number of hydrogen-bond donors (Lipinski definition) is 0. The van der Waals surface area contributed by atoms with Gasteiger partial charge in [-0.1, -0.05) is 92.6 Å². The van der Waals surface area contributed by atoms with Crippen LogP contribution in [0.3, 0.4) is 0 Å². The van der Waals surface area contributed by atoms with E-state index in [1.807, 2.05) is 0 Å². The normalized spacial score (nSPS) is 25.6. The van der Waals surface area contributed by atoms with Crippen molar-refractivity contribution < 1.29 is 18.0 Å². The second kappa shape index (κ2) is 16.1. The lowest BCUT2D eigenvalue weighted by atomic mass is 10.0. The average molecular weight is 622 g/mol. The van der Waals surface area contributed by atoms with Crippen molar-refractivity contribution in [1.82, 2.24) is 4.90 Å². The average Bonchev–Trinajstić information content (AvgIpc) is 3.55. The maximum absolute atomic E-state index is 7.57. The van der Waals surface area contributed by atoms with Crippen molar-refractivity contribution in [3.05, 3.63) is 35.9 Å². The predicted octanol–water partition coefficient (Wildman–Crippen LogP) is 8.83. The molecule has 0 bridgehead atoms. The summed E-state index contributed by atoms with van der Waals surface area (Å²) in [5.41, 5.74) is 1.23. The Bertz CT molecular complexity index is 854. The Morgan fingerprint density at radius 1 is 0.634 bits per heavy atom. The first kappa shape index (κ1) is 35.2. The monoisotopic (exact) mass is 621 g/mol. The molecular formula is C33H63NO4Si3. The highest BCUT2D eigenvalue weighted by Crippen LogP contribution is 2.44. The van der Waals surface area contributed by atoms with Gasteiger partial charge in [0.25, 0.3) is 0 Å². The zero-order chi connectivity index (χ0) is 30.1. The van der Waals surface area contributed by atoms with E-state index in [0.29, 0.717) is 13.2 Å². The Morgan fingerprint density at radius 2 is 1.10 bits per heavy atom. The van der Waals surface area contributed by atoms with E-state index in [1.165, 1.54) is 23.7 Å². The Morgan fingerprint density at radius 3 is 1.59 bits per heavy atom. The molecule has 5 nitrogen and oxygen atoms in total. The first-order valence-corrected chi connectivity index (χ1v) is 24.8. The summed E-state index contributed by atoms with van der Waals surface area (Å²) < 4.78 is 29.0. The molecule has 0 radical (unpaired) electrons.